The normalized spacial score (nSPS) is 32.8. The molecule has 2 aliphatic heterocycles. The Morgan fingerprint density at radius 3 is 2.83 bits per heavy atom. The molecular formula is C14H16BrN5O3. The van der Waals surface area contributed by atoms with Crippen molar-refractivity contribution in [3.8, 4) is 0 Å². The highest BCUT2D eigenvalue weighted by Gasteiger charge is 2.55. The van der Waals surface area contributed by atoms with Crippen molar-refractivity contribution in [2.45, 2.75) is 44.2 Å². The van der Waals surface area contributed by atoms with Crippen LogP contribution in [0.4, 0.5) is 5.82 Å². The van der Waals surface area contributed by atoms with Crippen molar-refractivity contribution < 1.29 is 14.2 Å². The van der Waals surface area contributed by atoms with Gasteiger partial charge in [-0.1, -0.05) is 15.9 Å². The van der Waals surface area contributed by atoms with Crippen LogP contribution in [-0.4, -0.2) is 43.6 Å². The predicted molar refractivity (Wildman–Crippen MR) is 85.5 cm³/mol. The first kappa shape index (κ1) is 15.0. The monoisotopic (exact) mass is 381 g/mol. The molecule has 4 heterocycles. The van der Waals surface area contributed by atoms with E-state index in [4.69, 9.17) is 19.9 Å². The van der Waals surface area contributed by atoms with Crippen molar-refractivity contribution in [2.24, 2.45) is 0 Å². The predicted octanol–water partition coefficient (Wildman–Crippen LogP) is 1.73. The fourth-order valence-corrected chi connectivity index (χ4v) is 3.42. The summed E-state index contributed by atoms with van der Waals surface area (Å²) in [6.07, 6.45) is 3.83. The van der Waals surface area contributed by atoms with E-state index < -0.39 is 12.0 Å². The molecule has 0 aromatic carbocycles. The van der Waals surface area contributed by atoms with Crippen molar-refractivity contribution in [1.29, 1.82) is 0 Å². The van der Waals surface area contributed by atoms with Gasteiger partial charge in [0.05, 0.1) is 6.33 Å². The van der Waals surface area contributed by atoms with Gasteiger partial charge in [0.1, 0.15) is 30.2 Å². The fourth-order valence-electron chi connectivity index (χ4n) is 3.11. The van der Waals surface area contributed by atoms with Crippen molar-refractivity contribution in [3.63, 3.8) is 0 Å². The molecular weight excluding hydrogens is 366 g/mol. The van der Waals surface area contributed by atoms with Crippen LogP contribution in [0.5, 0.6) is 0 Å². The molecule has 0 amide bonds. The smallest absolute Gasteiger partial charge is 0.167 e. The molecule has 122 valence electrons. The van der Waals surface area contributed by atoms with Crippen molar-refractivity contribution in [1.82, 2.24) is 19.5 Å². The molecule has 2 aliphatic rings. The van der Waals surface area contributed by atoms with Gasteiger partial charge in [-0.05, 0) is 24.9 Å². The zero-order chi connectivity index (χ0) is 16.2. The van der Waals surface area contributed by atoms with E-state index in [0.717, 1.165) is 0 Å². The van der Waals surface area contributed by atoms with E-state index >= 15 is 0 Å². The van der Waals surface area contributed by atoms with Gasteiger partial charge in [-0.15, -0.1) is 0 Å². The van der Waals surface area contributed by atoms with E-state index in [1.807, 2.05) is 24.5 Å². The van der Waals surface area contributed by atoms with E-state index in [1.165, 1.54) is 6.33 Å². The largest absolute Gasteiger partial charge is 0.382 e. The third-order valence-corrected chi connectivity index (χ3v) is 4.29. The van der Waals surface area contributed by atoms with Crippen molar-refractivity contribution >= 4 is 32.9 Å². The summed E-state index contributed by atoms with van der Waals surface area (Å²) < 4.78 is 20.0. The molecule has 23 heavy (non-hydrogen) atoms. The van der Waals surface area contributed by atoms with Crippen LogP contribution in [-0.2, 0) is 14.2 Å². The SMILES string of the molecule is CC1(C)O[C@@H]2[C@H](O1)[C@@H](/C=C/Br)O[C@H]2n1cnc2c(N)ncnc21. The lowest BCUT2D eigenvalue weighted by molar-refractivity contribution is -0.191. The molecule has 2 saturated heterocycles. The maximum atomic E-state index is 6.11. The summed E-state index contributed by atoms with van der Waals surface area (Å²) in [5.41, 5.74) is 7.01. The van der Waals surface area contributed by atoms with Crippen LogP contribution in [0.15, 0.2) is 23.7 Å². The zero-order valence-electron chi connectivity index (χ0n) is 12.6. The quantitative estimate of drug-likeness (QED) is 0.845. The maximum Gasteiger partial charge on any atom is 0.167 e. The average Bonchev–Trinajstić information content (AvgIpc) is 3.13. The second-order valence-electron chi connectivity index (χ2n) is 5.96. The number of anilines is 1. The summed E-state index contributed by atoms with van der Waals surface area (Å²) in [7, 11) is 0. The summed E-state index contributed by atoms with van der Waals surface area (Å²) in [5.74, 6) is -0.329. The number of ether oxygens (including phenoxy) is 3. The molecule has 0 aliphatic carbocycles. The van der Waals surface area contributed by atoms with Crippen LogP contribution < -0.4 is 5.73 Å². The van der Waals surface area contributed by atoms with E-state index in [9.17, 15) is 0 Å². The van der Waals surface area contributed by atoms with E-state index in [2.05, 4.69) is 30.9 Å². The van der Waals surface area contributed by atoms with Crippen molar-refractivity contribution in [2.75, 3.05) is 5.73 Å². The molecule has 0 unspecified atom stereocenters. The van der Waals surface area contributed by atoms with Gasteiger partial charge in [0.25, 0.3) is 0 Å². The van der Waals surface area contributed by atoms with Crippen LogP contribution in [0.25, 0.3) is 11.2 Å². The second-order valence-corrected chi connectivity index (χ2v) is 6.49. The molecule has 2 aromatic heterocycles. The summed E-state index contributed by atoms with van der Waals surface area (Å²) in [6.45, 7) is 3.78. The van der Waals surface area contributed by atoms with Crippen molar-refractivity contribution in [3.05, 3.63) is 23.7 Å². The molecule has 8 nitrogen and oxygen atoms in total. The first-order valence-corrected chi connectivity index (χ1v) is 8.13. The molecule has 2 fully saturated rings. The molecule has 0 radical (unpaired) electrons. The Labute approximate surface area is 140 Å². The molecule has 2 N–H and O–H groups in total. The highest BCUT2D eigenvalue weighted by atomic mass is 79.9. The zero-order valence-corrected chi connectivity index (χ0v) is 14.2. The standard InChI is InChI=1S/C14H16BrN5O3/c1-14(2)22-9-7(3-4-15)21-13(10(9)23-14)20-6-19-8-11(16)17-5-18-12(8)20/h3-7,9-10,13H,1-2H3,(H2,16,17,18)/b4-3+/t7-,9-,10-,13-/m1/s1. The van der Waals surface area contributed by atoms with Gasteiger partial charge in [0.2, 0.25) is 0 Å². The van der Waals surface area contributed by atoms with Gasteiger partial charge < -0.3 is 19.9 Å². The Balaban J connectivity index is 1.77. The third-order valence-electron chi connectivity index (χ3n) is 3.99. The summed E-state index contributed by atoms with van der Waals surface area (Å²) in [4.78, 5) is 14.3. The van der Waals surface area contributed by atoms with Crippen LogP contribution in [0, 0.1) is 0 Å². The molecule has 0 bridgehead atoms. The van der Waals surface area contributed by atoms with E-state index in [0.29, 0.717) is 17.0 Å². The summed E-state index contributed by atoms with van der Waals surface area (Å²) in [5, 5.41) is 0. The van der Waals surface area contributed by atoms with Gasteiger partial charge in [-0.3, -0.25) is 4.57 Å². The second kappa shape index (κ2) is 5.23. The molecule has 0 spiro atoms. The summed E-state index contributed by atoms with van der Waals surface area (Å²) in [6, 6.07) is 0. The van der Waals surface area contributed by atoms with Crippen LogP contribution in [0.3, 0.4) is 0 Å². The lowest BCUT2D eigenvalue weighted by Gasteiger charge is -2.23. The minimum Gasteiger partial charge on any atom is -0.382 e. The summed E-state index contributed by atoms with van der Waals surface area (Å²) >= 11 is 3.29. The highest BCUT2D eigenvalue weighted by Crippen LogP contribution is 2.44. The number of imidazole rings is 1. The average molecular weight is 382 g/mol. The molecule has 0 saturated carbocycles. The molecule has 4 rings (SSSR count). The number of hydrogen-bond acceptors (Lipinski definition) is 7. The third kappa shape index (κ3) is 2.35. The topological polar surface area (TPSA) is 97.3 Å². The Morgan fingerprint density at radius 2 is 2.04 bits per heavy atom. The van der Waals surface area contributed by atoms with Gasteiger partial charge in [-0.2, -0.15) is 0 Å². The van der Waals surface area contributed by atoms with E-state index in [1.54, 1.807) is 11.3 Å². The van der Waals surface area contributed by atoms with Gasteiger partial charge >= 0.3 is 0 Å². The lowest BCUT2D eigenvalue weighted by atomic mass is 10.1. The Morgan fingerprint density at radius 1 is 1.26 bits per heavy atom. The minimum atomic E-state index is -0.667. The van der Waals surface area contributed by atoms with Crippen LogP contribution in [0.2, 0.25) is 0 Å². The number of halogens is 1. The number of nitrogen functional groups attached to an aromatic ring is 1. The first-order chi connectivity index (χ1) is 11.0. The van der Waals surface area contributed by atoms with Gasteiger partial charge in [-0.25, -0.2) is 15.0 Å². The number of rotatable bonds is 2. The van der Waals surface area contributed by atoms with Crippen LogP contribution in [0.1, 0.15) is 20.1 Å². The number of fused-ring (bicyclic) bond motifs is 2. The Hall–Kier alpha value is -1.55. The highest BCUT2D eigenvalue weighted by molar-refractivity contribution is 9.11. The van der Waals surface area contributed by atoms with E-state index in [-0.39, 0.29) is 18.3 Å². The number of nitrogens with two attached hydrogens (primary N) is 1. The minimum absolute atomic E-state index is 0.208. The number of aromatic nitrogens is 4. The van der Waals surface area contributed by atoms with Gasteiger partial charge in [0.15, 0.2) is 23.5 Å². The Bertz CT molecular complexity index is 777. The lowest BCUT2D eigenvalue weighted by Crippen LogP contribution is -2.28. The fraction of sp³-hybridized carbons (Fsp3) is 0.500. The number of nitrogens with zero attached hydrogens (tertiary/aromatic N) is 4. The van der Waals surface area contributed by atoms with Crippen LogP contribution >= 0.6 is 15.9 Å². The Kier molecular flexibility index (Phi) is 3.41. The molecule has 2 aromatic rings. The molecule has 4 atom stereocenters. The molecule has 9 heteroatoms. The maximum absolute atomic E-state index is 6.11. The number of hydrogen-bond donors (Lipinski definition) is 1. The first-order valence-electron chi connectivity index (χ1n) is 7.21. The van der Waals surface area contributed by atoms with Gasteiger partial charge in [0, 0.05) is 0 Å².